The molecule has 2 aliphatic heterocycles. The molecule has 9 atom stereocenters. The van der Waals surface area contributed by atoms with Crippen LogP contribution < -0.4 is 26.0 Å². The third-order valence-electron chi connectivity index (χ3n) is 12.2. The van der Waals surface area contributed by atoms with Crippen LogP contribution in [0.5, 0.6) is 5.75 Å². The van der Waals surface area contributed by atoms with E-state index in [1.807, 2.05) is 41.5 Å². The van der Waals surface area contributed by atoms with Gasteiger partial charge in [0.15, 0.2) is 0 Å². The zero-order chi connectivity index (χ0) is 46.6. The average Bonchev–Trinajstić information content (AvgIpc) is 3.70. The molecule has 2 saturated heterocycles. The van der Waals surface area contributed by atoms with E-state index in [0.717, 1.165) is 0 Å². The first-order valence-electron chi connectivity index (χ1n) is 22.4. The Morgan fingerprint density at radius 3 is 2.18 bits per heavy atom. The number of nitrogens with zero attached hydrogens (tertiary/aromatic N) is 2. The van der Waals surface area contributed by atoms with Gasteiger partial charge in [-0.1, -0.05) is 67.0 Å². The largest absolute Gasteiger partial charge is 0.497 e. The monoisotopic (exact) mass is 871 g/mol. The molecular weight excluding hydrogens is 797 g/mol. The van der Waals surface area contributed by atoms with Crippen LogP contribution in [0.25, 0.3) is 0 Å². The summed E-state index contributed by atoms with van der Waals surface area (Å²) in [5.74, 6) is -4.44. The third kappa shape index (κ3) is 13.9. The van der Waals surface area contributed by atoms with Crippen LogP contribution in [-0.4, -0.2) is 125 Å². The van der Waals surface area contributed by atoms with E-state index in [1.54, 1.807) is 31.2 Å². The van der Waals surface area contributed by atoms with Gasteiger partial charge in [-0.2, -0.15) is 0 Å². The molecule has 1 aromatic carbocycles. The van der Waals surface area contributed by atoms with E-state index in [1.165, 1.54) is 44.7 Å². The van der Waals surface area contributed by atoms with Crippen LogP contribution >= 0.6 is 0 Å². The highest BCUT2D eigenvalue weighted by Gasteiger charge is 2.44. The van der Waals surface area contributed by atoms with E-state index in [9.17, 15) is 38.7 Å². The summed E-state index contributed by atoms with van der Waals surface area (Å²) in [7, 11) is 3.00. The quantitative estimate of drug-likeness (QED) is 0.194. The minimum absolute atomic E-state index is 0.00159. The maximum absolute atomic E-state index is 14.6. The molecule has 16 heteroatoms. The number of rotatable bonds is 12. The van der Waals surface area contributed by atoms with Gasteiger partial charge < -0.3 is 45.6 Å². The number of carbonyl (C=O) groups is 7. The summed E-state index contributed by atoms with van der Waals surface area (Å²) in [6.07, 6.45) is -0.648. The topological polar surface area (TPSA) is 213 Å². The maximum atomic E-state index is 14.6. The fourth-order valence-electron chi connectivity index (χ4n) is 8.19. The van der Waals surface area contributed by atoms with Crippen LogP contribution in [0.4, 0.5) is 0 Å². The predicted molar refractivity (Wildman–Crippen MR) is 234 cm³/mol. The smallest absolute Gasteiger partial charge is 0.329 e. The van der Waals surface area contributed by atoms with Gasteiger partial charge in [-0.25, -0.2) is 4.79 Å². The zero-order valence-corrected chi connectivity index (χ0v) is 39.0. The Morgan fingerprint density at radius 2 is 1.61 bits per heavy atom. The van der Waals surface area contributed by atoms with Gasteiger partial charge in [-0.05, 0) is 88.3 Å². The van der Waals surface area contributed by atoms with E-state index >= 15 is 0 Å². The first kappa shape index (κ1) is 51.6. The average molecular weight is 871 g/mol. The highest BCUT2D eigenvalue weighted by molar-refractivity contribution is 5.97. The molecule has 0 spiro atoms. The fourth-order valence-corrected chi connectivity index (χ4v) is 8.19. The third-order valence-corrected chi connectivity index (χ3v) is 12.2. The second-order valence-corrected chi connectivity index (χ2v) is 18.6. The van der Waals surface area contributed by atoms with Crippen molar-refractivity contribution in [3.63, 3.8) is 0 Å². The van der Waals surface area contributed by atoms with Crippen LogP contribution in [0.15, 0.2) is 24.3 Å². The van der Waals surface area contributed by atoms with E-state index in [-0.39, 0.29) is 37.1 Å². The minimum atomic E-state index is -1.54. The molecule has 2 heterocycles. The number of esters is 1. The number of hydrogen-bond acceptors (Lipinski definition) is 10. The van der Waals surface area contributed by atoms with E-state index in [4.69, 9.17) is 9.47 Å². The van der Waals surface area contributed by atoms with Gasteiger partial charge in [0.25, 0.3) is 0 Å². The van der Waals surface area contributed by atoms with Crippen LogP contribution in [0.2, 0.25) is 0 Å². The van der Waals surface area contributed by atoms with Gasteiger partial charge in [-0.3, -0.25) is 28.8 Å². The summed E-state index contributed by atoms with van der Waals surface area (Å²) in [6.45, 7) is 18.0. The van der Waals surface area contributed by atoms with Gasteiger partial charge in [0.1, 0.15) is 41.6 Å². The molecule has 0 radical (unpaired) electrons. The molecule has 1 aromatic rings. The molecule has 62 heavy (non-hydrogen) atoms. The molecule has 0 aromatic heterocycles. The molecule has 0 bridgehead atoms. The standard InChI is InChI=1S/C46H74N6O10/c1-13-28(7)38-36(53)25-37(54)50-46(9,10)45(60)47-33(23-27(5)6)42(57)52-21-15-16-34(52)43(58)51(11)35(24-30-17-19-32(61-12)20-18-30)44(59)62-29(8)39(41(56)48-38)49-40(55)31(14-2)22-26(3)4/h17-20,26-29,31,33-36,38-39,53H,13-16,21-25H2,1-12H3,(H,47,60)(H,48,56)(H,49,55)(H,50,54)/t28-,29+,31+,33-,34-,35-,36-,38+,39-/m0/s1. The Balaban J connectivity index is 2.20. The van der Waals surface area contributed by atoms with Crippen molar-refractivity contribution in [2.75, 3.05) is 20.7 Å². The summed E-state index contributed by atoms with van der Waals surface area (Å²) in [4.78, 5) is 102. The fraction of sp³-hybridized carbons (Fsp3) is 0.717. The number of amides is 6. The maximum Gasteiger partial charge on any atom is 0.329 e. The Labute approximate surface area is 368 Å². The van der Waals surface area contributed by atoms with Crippen molar-refractivity contribution in [1.82, 2.24) is 31.1 Å². The molecule has 5 N–H and O–H groups in total. The second-order valence-electron chi connectivity index (χ2n) is 18.6. The molecule has 2 aliphatic rings. The molecule has 0 saturated carbocycles. The highest BCUT2D eigenvalue weighted by Crippen LogP contribution is 2.25. The molecule has 6 amide bonds. The first-order chi connectivity index (χ1) is 29.0. The Hall–Kier alpha value is -4.73. The lowest BCUT2D eigenvalue weighted by Gasteiger charge is -2.35. The molecule has 3 rings (SSSR count). The number of hydrogen-bond donors (Lipinski definition) is 5. The van der Waals surface area contributed by atoms with Crippen molar-refractivity contribution < 1.29 is 48.1 Å². The van der Waals surface area contributed by atoms with E-state index in [2.05, 4.69) is 21.3 Å². The van der Waals surface area contributed by atoms with E-state index < -0.39 is 102 Å². The number of likely N-dealkylation sites (N-methyl/N-ethyl adjacent to an activating group) is 1. The van der Waals surface area contributed by atoms with Crippen molar-refractivity contribution in [3.05, 3.63) is 29.8 Å². The van der Waals surface area contributed by atoms with Crippen molar-refractivity contribution in [3.8, 4) is 5.75 Å². The first-order valence-corrected chi connectivity index (χ1v) is 22.4. The van der Waals surface area contributed by atoms with Gasteiger partial charge in [0.05, 0.1) is 25.7 Å². The van der Waals surface area contributed by atoms with Gasteiger partial charge in [-0.15, -0.1) is 0 Å². The zero-order valence-electron chi connectivity index (χ0n) is 39.0. The number of benzene rings is 1. The number of fused-ring (bicyclic) bond motifs is 1. The number of methoxy groups -OCH3 is 1. The van der Waals surface area contributed by atoms with Crippen LogP contribution in [0.1, 0.15) is 120 Å². The van der Waals surface area contributed by atoms with Crippen LogP contribution in [-0.2, 0) is 44.7 Å². The van der Waals surface area contributed by atoms with Gasteiger partial charge in [0.2, 0.25) is 35.4 Å². The molecule has 16 nitrogen and oxygen atoms in total. The lowest BCUT2D eigenvalue weighted by Crippen LogP contribution is -2.61. The van der Waals surface area contributed by atoms with Crippen molar-refractivity contribution >= 4 is 41.4 Å². The van der Waals surface area contributed by atoms with Crippen LogP contribution in [0, 0.1) is 23.7 Å². The van der Waals surface area contributed by atoms with Crippen LogP contribution in [0.3, 0.4) is 0 Å². The van der Waals surface area contributed by atoms with Gasteiger partial charge in [0, 0.05) is 25.9 Å². The lowest BCUT2D eigenvalue weighted by atomic mass is 9.91. The molecule has 0 unspecified atom stereocenters. The number of ether oxygens (including phenoxy) is 2. The number of aliphatic hydroxyl groups excluding tert-OH is 1. The Kier molecular flexibility index (Phi) is 19.2. The summed E-state index contributed by atoms with van der Waals surface area (Å²) >= 11 is 0. The molecular formula is C46H74N6O10. The Morgan fingerprint density at radius 1 is 0.968 bits per heavy atom. The highest BCUT2D eigenvalue weighted by atomic mass is 16.5. The van der Waals surface area contributed by atoms with Gasteiger partial charge >= 0.3 is 5.97 Å². The van der Waals surface area contributed by atoms with Crippen molar-refractivity contribution in [2.45, 2.75) is 169 Å². The SMILES string of the molecule is CC[C@H](CC(C)C)C(=O)N[C@@H]1C(=O)N[C@H]([C@@H](C)CC)[C@@H](O)CC(=O)NC(C)(C)C(=O)N[C@@H](CC(C)C)C(=O)N2CCC[C@H]2C(=O)N(C)[C@@H](Cc2ccc(OC)cc2)C(=O)O[C@@H]1C. The summed E-state index contributed by atoms with van der Waals surface area (Å²) in [5, 5.41) is 22.8. The molecule has 2 fully saturated rings. The number of cyclic esters (lactones) is 1. The predicted octanol–water partition coefficient (Wildman–Crippen LogP) is 3.27. The molecule has 0 aliphatic carbocycles. The summed E-state index contributed by atoms with van der Waals surface area (Å²) in [6, 6.07) is 1.28. The number of carbonyl (C=O) groups excluding carboxylic acids is 7. The van der Waals surface area contributed by atoms with E-state index in [0.29, 0.717) is 43.4 Å². The number of aliphatic hydroxyl groups is 1. The Bertz CT molecular complexity index is 1720. The molecule has 348 valence electrons. The minimum Gasteiger partial charge on any atom is -0.497 e. The lowest BCUT2D eigenvalue weighted by molar-refractivity contribution is -0.162. The van der Waals surface area contributed by atoms with Crippen molar-refractivity contribution in [2.24, 2.45) is 23.7 Å². The number of nitrogens with one attached hydrogen (secondary N) is 4. The summed E-state index contributed by atoms with van der Waals surface area (Å²) in [5.41, 5.74) is -0.869. The second kappa shape index (κ2) is 23.1. The normalized spacial score (nSPS) is 27.0. The summed E-state index contributed by atoms with van der Waals surface area (Å²) < 4.78 is 11.4. The van der Waals surface area contributed by atoms with Crippen molar-refractivity contribution in [1.29, 1.82) is 0 Å².